The first kappa shape index (κ1) is 14.1. The van der Waals surface area contributed by atoms with Crippen LogP contribution in [0.3, 0.4) is 0 Å². The van der Waals surface area contributed by atoms with Crippen LogP contribution >= 0.6 is 0 Å². The molecule has 3 rings (SSSR count). The maximum Gasteiger partial charge on any atom is 0.0804 e. The van der Waals surface area contributed by atoms with E-state index in [-0.39, 0.29) is 5.60 Å². The third kappa shape index (κ3) is 2.64. The molecule has 0 aromatic heterocycles. The van der Waals surface area contributed by atoms with Crippen molar-refractivity contribution >= 4 is 0 Å². The fourth-order valence-corrected chi connectivity index (χ4v) is 3.58. The van der Waals surface area contributed by atoms with Crippen molar-refractivity contribution < 1.29 is 4.74 Å². The molecule has 1 atom stereocenters. The number of hydrogen-bond donors (Lipinski definition) is 1. The number of hydrogen-bond acceptors (Lipinski definition) is 2. The van der Waals surface area contributed by atoms with Crippen LogP contribution in [0.25, 0.3) is 0 Å². The largest absolute Gasteiger partial charge is 0.373 e. The first-order chi connectivity index (χ1) is 9.54. The number of benzene rings is 1. The lowest BCUT2D eigenvalue weighted by Gasteiger charge is -2.44. The average Bonchev–Trinajstić information content (AvgIpc) is 2.42. The van der Waals surface area contributed by atoms with Gasteiger partial charge in [-0.05, 0) is 48.6 Å². The molecule has 0 bridgehead atoms. The van der Waals surface area contributed by atoms with E-state index >= 15 is 0 Å². The van der Waals surface area contributed by atoms with Crippen molar-refractivity contribution in [3.05, 3.63) is 35.4 Å². The highest BCUT2D eigenvalue weighted by molar-refractivity contribution is 5.39. The smallest absolute Gasteiger partial charge is 0.0804 e. The predicted molar refractivity (Wildman–Crippen MR) is 82.9 cm³/mol. The van der Waals surface area contributed by atoms with Crippen molar-refractivity contribution in [3.63, 3.8) is 0 Å². The Labute approximate surface area is 122 Å². The van der Waals surface area contributed by atoms with Gasteiger partial charge >= 0.3 is 0 Å². The molecule has 2 heteroatoms. The van der Waals surface area contributed by atoms with E-state index in [1.807, 2.05) is 0 Å². The lowest BCUT2D eigenvalue weighted by Crippen LogP contribution is -2.46. The minimum Gasteiger partial charge on any atom is -0.373 e. The highest BCUT2D eigenvalue weighted by Gasteiger charge is 2.39. The van der Waals surface area contributed by atoms with Gasteiger partial charge in [-0.2, -0.15) is 0 Å². The van der Waals surface area contributed by atoms with E-state index in [2.05, 4.69) is 38.1 Å². The average molecular weight is 273 g/mol. The second kappa shape index (κ2) is 5.16. The van der Waals surface area contributed by atoms with Crippen LogP contribution in [0.5, 0.6) is 0 Å². The molecule has 2 nitrogen and oxygen atoms in total. The first-order valence-corrected chi connectivity index (χ1v) is 7.95. The molecule has 110 valence electrons. The molecule has 1 saturated carbocycles. The van der Waals surface area contributed by atoms with E-state index in [0.717, 1.165) is 19.4 Å². The molecule has 0 aliphatic heterocycles. The van der Waals surface area contributed by atoms with E-state index in [0.29, 0.717) is 17.9 Å². The number of ether oxygens (including phenoxy) is 1. The van der Waals surface area contributed by atoms with Gasteiger partial charge in [-0.25, -0.2) is 0 Å². The highest BCUT2D eigenvalue weighted by Crippen LogP contribution is 2.43. The van der Waals surface area contributed by atoms with Gasteiger partial charge in [-0.15, -0.1) is 0 Å². The van der Waals surface area contributed by atoms with Gasteiger partial charge in [0.25, 0.3) is 0 Å². The van der Waals surface area contributed by atoms with Crippen LogP contribution in [0.2, 0.25) is 0 Å². The zero-order valence-electron chi connectivity index (χ0n) is 12.8. The second-order valence-electron chi connectivity index (χ2n) is 7.46. The molecular formula is C18H27NO. The molecule has 0 spiro atoms. The lowest BCUT2D eigenvalue weighted by molar-refractivity contribution is -0.0874. The Morgan fingerprint density at radius 3 is 2.50 bits per heavy atom. The van der Waals surface area contributed by atoms with Crippen molar-refractivity contribution in [2.75, 3.05) is 13.2 Å². The van der Waals surface area contributed by atoms with Gasteiger partial charge in [-0.3, -0.25) is 0 Å². The summed E-state index contributed by atoms with van der Waals surface area (Å²) >= 11 is 0. The summed E-state index contributed by atoms with van der Waals surface area (Å²) in [6, 6.07) is 8.73. The molecule has 0 amide bonds. The Morgan fingerprint density at radius 2 is 1.85 bits per heavy atom. The fourth-order valence-electron chi connectivity index (χ4n) is 3.58. The molecule has 0 radical (unpaired) electrons. The Hall–Kier alpha value is -0.860. The van der Waals surface area contributed by atoms with Gasteiger partial charge in [-0.1, -0.05) is 38.1 Å². The minimum absolute atomic E-state index is 0.0555. The van der Waals surface area contributed by atoms with Crippen molar-refractivity contribution in [2.45, 2.75) is 57.5 Å². The Balaban J connectivity index is 1.58. The number of nitrogens with two attached hydrogens (primary N) is 1. The third-order valence-corrected chi connectivity index (χ3v) is 5.44. The topological polar surface area (TPSA) is 35.2 Å². The van der Waals surface area contributed by atoms with E-state index in [9.17, 15) is 0 Å². The van der Waals surface area contributed by atoms with Crippen molar-refractivity contribution in [2.24, 2.45) is 11.1 Å². The van der Waals surface area contributed by atoms with E-state index in [1.54, 1.807) is 0 Å². The number of fused-ring (bicyclic) bond motifs is 1. The van der Waals surface area contributed by atoms with Gasteiger partial charge in [0.2, 0.25) is 0 Å². The van der Waals surface area contributed by atoms with Gasteiger partial charge in [0.05, 0.1) is 12.2 Å². The van der Waals surface area contributed by atoms with Gasteiger partial charge in [0.1, 0.15) is 0 Å². The summed E-state index contributed by atoms with van der Waals surface area (Å²) in [5.74, 6) is 0.588. The lowest BCUT2D eigenvalue weighted by atomic mass is 9.70. The summed E-state index contributed by atoms with van der Waals surface area (Å²) in [7, 11) is 0. The molecule has 1 aromatic rings. The van der Waals surface area contributed by atoms with Crippen LogP contribution in [0.1, 0.15) is 56.6 Å². The standard InChI is InChI=1S/C18H27NO/c1-17(2)7-9-18(13-19,10-8-17)20-12-15-11-14-5-3-4-6-16(14)15/h3-6,15H,7-13,19H2,1-2H3. The first-order valence-electron chi connectivity index (χ1n) is 7.95. The van der Waals surface area contributed by atoms with E-state index in [1.165, 1.54) is 30.4 Å². The van der Waals surface area contributed by atoms with Gasteiger partial charge in [0, 0.05) is 12.5 Å². The molecule has 1 unspecified atom stereocenters. The van der Waals surface area contributed by atoms with Crippen LogP contribution in [-0.4, -0.2) is 18.8 Å². The fraction of sp³-hybridized carbons (Fsp3) is 0.667. The summed E-state index contributed by atoms with van der Waals surface area (Å²) in [6.07, 6.45) is 5.86. The van der Waals surface area contributed by atoms with E-state index < -0.39 is 0 Å². The summed E-state index contributed by atoms with van der Waals surface area (Å²) in [4.78, 5) is 0. The summed E-state index contributed by atoms with van der Waals surface area (Å²) < 4.78 is 6.35. The van der Waals surface area contributed by atoms with Crippen LogP contribution in [0.4, 0.5) is 0 Å². The zero-order chi connectivity index (χ0) is 14.2. The normalized spacial score (nSPS) is 26.6. The monoisotopic (exact) mass is 273 g/mol. The maximum atomic E-state index is 6.35. The van der Waals surface area contributed by atoms with Crippen LogP contribution in [0, 0.1) is 5.41 Å². The molecule has 2 aliphatic carbocycles. The molecule has 0 heterocycles. The summed E-state index contributed by atoms with van der Waals surface area (Å²) in [6.45, 7) is 6.22. The molecule has 2 aliphatic rings. The minimum atomic E-state index is -0.0555. The third-order valence-electron chi connectivity index (χ3n) is 5.44. The Bertz CT molecular complexity index is 470. The summed E-state index contributed by atoms with van der Waals surface area (Å²) in [5.41, 5.74) is 9.43. The molecular weight excluding hydrogens is 246 g/mol. The second-order valence-corrected chi connectivity index (χ2v) is 7.46. The Kier molecular flexibility index (Phi) is 3.64. The predicted octanol–water partition coefficient (Wildman–Crippen LogP) is 3.64. The molecule has 1 aromatic carbocycles. The zero-order valence-corrected chi connectivity index (χ0v) is 12.8. The van der Waals surface area contributed by atoms with Crippen LogP contribution in [-0.2, 0) is 11.2 Å². The van der Waals surface area contributed by atoms with Crippen molar-refractivity contribution in [1.82, 2.24) is 0 Å². The maximum absolute atomic E-state index is 6.35. The van der Waals surface area contributed by atoms with Gasteiger partial charge in [0.15, 0.2) is 0 Å². The van der Waals surface area contributed by atoms with Crippen molar-refractivity contribution in [3.8, 4) is 0 Å². The molecule has 0 saturated heterocycles. The highest BCUT2D eigenvalue weighted by atomic mass is 16.5. The van der Waals surface area contributed by atoms with Gasteiger partial charge < -0.3 is 10.5 Å². The molecule has 1 fully saturated rings. The van der Waals surface area contributed by atoms with Crippen LogP contribution in [0.15, 0.2) is 24.3 Å². The molecule has 2 N–H and O–H groups in total. The van der Waals surface area contributed by atoms with Crippen LogP contribution < -0.4 is 5.73 Å². The molecule has 20 heavy (non-hydrogen) atoms. The Morgan fingerprint density at radius 1 is 1.15 bits per heavy atom. The summed E-state index contributed by atoms with van der Waals surface area (Å²) in [5, 5.41) is 0. The SMILES string of the molecule is CC1(C)CCC(CN)(OCC2Cc3ccccc32)CC1. The van der Waals surface area contributed by atoms with E-state index in [4.69, 9.17) is 10.5 Å². The quantitative estimate of drug-likeness (QED) is 0.909. The van der Waals surface area contributed by atoms with Crippen molar-refractivity contribution in [1.29, 1.82) is 0 Å². The number of rotatable bonds is 4.